The maximum atomic E-state index is 12.7. The molecule has 0 radical (unpaired) electrons. The van der Waals surface area contributed by atoms with E-state index in [-0.39, 0.29) is 11.5 Å². The van der Waals surface area contributed by atoms with Crippen LogP contribution in [-0.2, 0) is 11.0 Å². The first-order chi connectivity index (χ1) is 9.82. The summed E-state index contributed by atoms with van der Waals surface area (Å²) in [6.07, 6.45) is -4.46. The van der Waals surface area contributed by atoms with E-state index in [1.807, 2.05) is 11.0 Å². The molecule has 1 aromatic carbocycles. The van der Waals surface area contributed by atoms with Crippen molar-refractivity contribution in [2.24, 2.45) is 0 Å². The Bertz CT molecular complexity index is 584. The maximum Gasteiger partial charge on any atom is 0.416 e. The van der Waals surface area contributed by atoms with Gasteiger partial charge in [-0.05, 0) is 18.2 Å². The van der Waals surface area contributed by atoms with Crippen LogP contribution in [0.15, 0.2) is 18.2 Å². The Labute approximate surface area is 120 Å². The predicted octanol–water partition coefficient (Wildman–Crippen LogP) is 2.25. The third kappa shape index (κ3) is 3.27. The van der Waals surface area contributed by atoms with Gasteiger partial charge in [-0.3, -0.25) is 4.79 Å². The fourth-order valence-electron chi connectivity index (χ4n) is 2.34. The first-order valence-corrected chi connectivity index (χ1v) is 6.44. The standard InChI is InChI=1S/C14H14F3N3O/c1-10(21)19-4-6-20(7-5-19)13-3-2-12(14(15,16)17)8-11(13)9-18/h2-3,8H,4-7H2,1H3. The molecule has 112 valence electrons. The molecule has 1 fully saturated rings. The van der Waals surface area contributed by atoms with Crippen molar-refractivity contribution in [3.05, 3.63) is 29.3 Å². The molecule has 0 unspecified atom stereocenters. The van der Waals surface area contributed by atoms with Crippen LogP contribution in [0.3, 0.4) is 0 Å². The lowest BCUT2D eigenvalue weighted by Gasteiger charge is -2.36. The zero-order valence-electron chi connectivity index (χ0n) is 11.4. The number of piperazine rings is 1. The molecule has 0 aliphatic carbocycles. The fourth-order valence-corrected chi connectivity index (χ4v) is 2.34. The lowest BCUT2D eigenvalue weighted by molar-refractivity contribution is -0.137. The molecule has 21 heavy (non-hydrogen) atoms. The molecule has 1 aromatic rings. The zero-order chi connectivity index (χ0) is 15.6. The van der Waals surface area contributed by atoms with Crippen LogP contribution in [0, 0.1) is 11.3 Å². The Morgan fingerprint density at radius 3 is 2.33 bits per heavy atom. The van der Waals surface area contributed by atoms with Gasteiger partial charge in [-0.15, -0.1) is 0 Å². The van der Waals surface area contributed by atoms with Gasteiger partial charge in [0, 0.05) is 33.1 Å². The molecule has 7 heteroatoms. The van der Waals surface area contributed by atoms with Crippen molar-refractivity contribution < 1.29 is 18.0 Å². The smallest absolute Gasteiger partial charge is 0.367 e. The predicted molar refractivity (Wildman–Crippen MR) is 70.6 cm³/mol. The van der Waals surface area contributed by atoms with E-state index < -0.39 is 11.7 Å². The molecule has 1 aliphatic heterocycles. The number of amides is 1. The first-order valence-electron chi connectivity index (χ1n) is 6.44. The van der Waals surface area contributed by atoms with Gasteiger partial charge in [0.25, 0.3) is 0 Å². The lowest BCUT2D eigenvalue weighted by atomic mass is 10.1. The third-order valence-corrected chi connectivity index (χ3v) is 3.51. The van der Waals surface area contributed by atoms with Crippen LogP contribution >= 0.6 is 0 Å². The number of rotatable bonds is 1. The summed E-state index contributed by atoms with van der Waals surface area (Å²) in [7, 11) is 0. The molecule has 4 nitrogen and oxygen atoms in total. The van der Waals surface area contributed by atoms with Gasteiger partial charge in [0.15, 0.2) is 0 Å². The molecule has 0 atom stereocenters. The SMILES string of the molecule is CC(=O)N1CCN(c2ccc(C(F)(F)F)cc2C#N)CC1. The summed E-state index contributed by atoms with van der Waals surface area (Å²) in [5.41, 5.74) is -0.347. The number of alkyl halides is 3. The van der Waals surface area contributed by atoms with E-state index in [0.717, 1.165) is 12.1 Å². The second-order valence-electron chi connectivity index (χ2n) is 4.83. The Morgan fingerprint density at radius 1 is 1.24 bits per heavy atom. The third-order valence-electron chi connectivity index (χ3n) is 3.51. The van der Waals surface area contributed by atoms with Gasteiger partial charge in [0.2, 0.25) is 5.91 Å². The fraction of sp³-hybridized carbons (Fsp3) is 0.429. The second kappa shape index (κ2) is 5.64. The van der Waals surface area contributed by atoms with E-state index in [9.17, 15) is 18.0 Å². The van der Waals surface area contributed by atoms with Gasteiger partial charge in [0.05, 0.1) is 16.8 Å². The maximum absolute atomic E-state index is 12.7. The van der Waals surface area contributed by atoms with Gasteiger partial charge in [-0.25, -0.2) is 0 Å². The topological polar surface area (TPSA) is 47.3 Å². The second-order valence-corrected chi connectivity index (χ2v) is 4.83. The molecular formula is C14H14F3N3O. The Morgan fingerprint density at radius 2 is 1.86 bits per heavy atom. The molecule has 2 rings (SSSR count). The molecule has 0 N–H and O–H groups in total. The summed E-state index contributed by atoms with van der Waals surface area (Å²) in [4.78, 5) is 14.8. The lowest BCUT2D eigenvalue weighted by Crippen LogP contribution is -2.48. The van der Waals surface area contributed by atoms with Crippen LogP contribution in [0.2, 0.25) is 0 Å². The Kier molecular flexibility index (Phi) is 4.07. The van der Waals surface area contributed by atoms with Gasteiger partial charge in [-0.2, -0.15) is 18.4 Å². The molecular weight excluding hydrogens is 283 g/mol. The minimum Gasteiger partial charge on any atom is -0.367 e. The van der Waals surface area contributed by atoms with Crippen LogP contribution in [0.1, 0.15) is 18.1 Å². The molecule has 0 aromatic heterocycles. The summed E-state index contributed by atoms with van der Waals surface area (Å²) in [6.45, 7) is 3.48. The minimum atomic E-state index is -4.46. The van der Waals surface area contributed by atoms with Crippen molar-refractivity contribution in [3.8, 4) is 6.07 Å². The van der Waals surface area contributed by atoms with Gasteiger partial charge < -0.3 is 9.80 Å². The molecule has 1 aliphatic rings. The van der Waals surface area contributed by atoms with E-state index in [1.165, 1.54) is 13.0 Å². The van der Waals surface area contributed by atoms with Crippen LogP contribution < -0.4 is 4.90 Å². The summed E-state index contributed by atoms with van der Waals surface area (Å²) in [5, 5.41) is 9.07. The molecule has 1 saturated heterocycles. The highest BCUT2D eigenvalue weighted by Gasteiger charge is 2.31. The van der Waals surface area contributed by atoms with Crippen molar-refractivity contribution in [1.82, 2.24) is 4.90 Å². The normalized spacial score (nSPS) is 15.8. The van der Waals surface area contributed by atoms with E-state index in [0.29, 0.717) is 31.9 Å². The van der Waals surface area contributed by atoms with Gasteiger partial charge in [0.1, 0.15) is 6.07 Å². The van der Waals surface area contributed by atoms with Gasteiger partial charge in [-0.1, -0.05) is 0 Å². The van der Waals surface area contributed by atoms with Crippen LogP contribution in [0.4, 0.5) is 18.9 Å². The van der Waals surface area contributed by atoms with E-state index in [4.69, 9.17) is 5.26 Å². The highest BCUT2D eigenvalue weighted by atomic mass is 19.4. The monoisotopic (exact) mass is 297 g/mol. The van der Waals surface area contributed by atoms with Gasteiger partial charge >= 0.3 is 6.18 Å². The number of benzene rings is 1. The average molecular weight is 297 g/mol. The van der Waals surface area contributed by atoms with Crippen molar-refractivity contribution in [2.75, 3.05) is 31.1 Å². The number of hydrogen-bond acceptors (Lipinski definition) is 3. The van der Waals surface area contributed by atoms with Crippen LogP contribution in [0.5, 0.6) is 0 Å². The van der Waals surface area contributed by atoms with Crippen LogP contribution in [0.25, 0.3) is 0 Å². The van der Waals surface area contributed by atoms with Crippen LogP contribution in [-0.4, -0.2) is 37.0 Å². The first kappa shape index (κ1) is 15.2. The van der Waals surface area contributed by atoms with Crippen molar-refractivity contribution in [3.63, 3.8) is 0 Å². The molecule has 1 heterocycles. The molecule has 0 saturated carbocycles. The zero-order valence-corrected chi connectivity index (χ0v) is 11.4. The quantitative estimate of drug-likeness (QED) is 0.798. The summed E-state index contributed by atoms with van der Waals surface area (Å²) >= 11 is 0. The molecule has 0 spiro atoms. The highest BCUT2D eigenvalue weighted by Crippen LogP contribution is 2.32. The number of halogens is 3. The molecule has 0 bridgehead atoms. The Hall–Kier alpha value is -2.23. The van der Waals surface area contributed by atoms with Crippen molar-refractivity contribution in [2.45, 2.75) is 13.1 Å². The van der Waals surface area contributed by atoms with Crippen molar-refractivity contribution >= 4 is 11.6 Å². The number of anilines is 1. The highest BCUT2D eigenvalue weighted by molar-refractivity contribution is 5.73. The summed E-state index contributed by atoms with van der Waals surface area (Å²) in [6, 6.07) is 4.99. The summed E-state index contributed by atoms with van der Waals surface area (Å²) < 4.78 is 38.0. The number of nitriles is 1. The van der Waals surface area contributed by atoms with E-state index in [2.05, 4.69) is 0 Å². The largest absolute Gasteiger partial charge is 0.416 e. The number of nitrogens with zero attached hydrogens (tertiary/aromatic N) is 3. The number of hydrogen-bond donors (Lipinski definition) is 0. The van der Waals surface area contributed by atoms with E-state index in [1.54, 1.807) is 4.90 Å². The molecule has 1 amide bonds. The Balaban J connectivity index is 2.22. The average Bonchev–Trinajstić information content (AvgIpc) is 2.45. The number of carbonyl (C=O) groups is 1. The van der Waals surface area contributed by atoms with E-state index >= 15 is 0 Å². The van der Waals surface area contributed by atoms with Crippen molar-refractivity contribution in [1.29, 1.82) is 5.26 Å². The number of carbonyl (C=O) groups excluding carboxylic acids is 1. The summed E-state index contributed by atoms with van der Waals surface area (Å²) in [5.74, 6) is -0.0254. The minimum absolute atomic E-state index is 0.00102.